The molecule has 1 N–H and O–H groups in total. The Morgan fingerprint density at radius 1 is 1.24 bits per heavy atom. The predicted molar refractivity (Wildman–Crippen MR) is 73.4 cm³/mol. The van der Waals surface area contributed by atoms with E-state index in [2.05, 4.69) is 34.6 Å². The van der Waals surface area contributed by atoms with Gasteiger partial charge in [-0.1, -0.05) is 6.42 Å². The van der Waals surface area contributed by atoms with Crippen molar-refractivity contribution in [3.05, 3.63) is 35.8 Å². The van der Waals surface area contributed by atoms with Gasteiger partial charge in [0.15, 0.2) is 0 Å². The molecule has 3 heteroatoms. The van der Waals surface area contributed by atoms with Crippen molar-refractivity contribution in [1.82, 2.24) is 4.98 Å². The Balaban J connectivity index is 1.63. The Morgan fingerprint density at radius 3 is 2.65 bits per heavy atom. The molecule has 1 aromatic carbocycles. The maximum absolute atomic E-state index is 4.31. The number of hydrogen-bond donors (Lipinski definition) is 1. The lowest BCUT2D eigenvalue weighted by molar-refractivity contribution is 0.333. The quantitative estimate of drug-likeness (QED) is 0.878. The third-order valence-corrected chi connectivity index (χ3v) is 4.21. The van der Waals surface area contributed by atoms with Crippen LogP contribution in [0.1, 0.15) is 19.3 Å². The average Bonchev–Trinajstić information content (AvgIpc) is 2.81. The van der Waals surface area contributed by atoms with Gasteiger partial charge in [0.2, 0.25) is 0 Å². The van der Waals surface area contributed by atoms with E-state index in [-0.39, 0.29) is 0 Å². The summed E-state index contributed by atoms with van der Waals surface area (Å²) in [6.45, 7) is 1.12. The number of nitrogens with zero attached hydrogens (tertiary/aromatic N) is 1. The monoisotopic (exact) mass is 244 g/mol. The summed E-state index contributed by atoms with van der Waals surface area (Å²) in [6.07, 6.45) is 6.05. The fraction of sp³-hybridized carbons (Fsp3) is 0.357. The molecule has 0 amide bonds. The van der Waals surface area contributed by atoms with Crippen molar-refractivity contribution in [1.29, 1.82) is 0 Å². The molecule has 1 aromatic heterocycles. The van der Waals surface area contributed by atoms with Crippen LogP contribution in [-0.2, 0) is 0 Å². The first-order valence-electron chi connectivity index (χ1n) is 6.15. The first kappa shape index (κ1) is 10.8. The molecule has 1 saturated carbocycles. The molecule has 88 valence electrons. The van der Waals surface area contributed by atoms with E-state index in [9.17, 15) is 0 Å². The van der Waals surface area contributed by atoms with E-state index in [1.165, 1.54) is 30.5 Å². The second kappa shape index (κ2) is 4.88. The zero-order valence-electron chi connectivity index (χ0n) is 9.73. The van der Waals surface area contributed by atoms with Crippen LogP contribution in [0.3, 0.4) is 0 Å². The van der Waals surface area contributed by atoms with Gasteiger partial charge in [-0.15, -0.1) is 11.3 Å². The van der Waals surface area contributed by atoms with Gasteiger partial charge < -0.3 is 5.32 Å². The molecule has 0 atom stereocenters. The lowest BCUT2D eigenvalue weighted by Crippen LogP contribution is -2.20. The van der Waals surface area contributed by atoms with Crippen molar-refractivity contribution >= 4 is 17.0 Å². The van der Waals surface area contributed by atoms with Gasteiger partial charge in [0, 0.05) is 29.4 Å². The molecule has 3 rings (SSSR count). The van der Waals surface area contributed by atoms with Crippen molar-refractivity contribution in [3.63, 3.8) is 0 Å². The molecule has 1 aliphatic rings. The van der Waals surface area contributed by atoms with E-state index in [0.29, 0.717) is 0 Å². The number of aromatic nitrogens is 1. The summed E-state index contributed by atoms with van der Waals surface area (Å²) in [5, 5.41) is 6.61. The Labute approximate surface area is 106 Å². The van der Waals surface area contributed by atoms with Crippen LogP contribution in [0.5, 0.6) is 0 Å². The van der Waals surface area contributed by atoms with Gasteiger partial charge in [0.1, 0.15) is 5.01 Å². The lowest BCUT2D eigenvalue weighted by atomic mass is 9.85. The fourth-order valence-corrected chi connectivity index (χ4v) is 2.70. The second-order valence-electron chi connectivity index (χ2n) is 4.59. The third kappa shape index (κ3) is 2.50. The number of anilines is 1. The minimum absolute atomic E-state index is 0.897. The first-order chi connectivity index (χ1) is 8.42. The van der Waals surface area contributed by atoms with E-state index in [1.807, 2.05) is 11.6 Å². The molecule has 2 nitrogen and oxygen atoms in total. The number of nitrogens with one attached hydrogen (secondary N) is 1. The molecule has 2 aromatic rings. The Morgan fingerprint density at radius 2 is 2.06 bits per heavy atom. The molecular formula is C14H16N2S. The minimum atomic E-state index is 0.897. The van der Waals surface area contributed by atoms with Crippen LogP contribution in [0, 0.1) is 5.92 Å². The molecular weight excluding hydrogens is 228 g/mol. The molecule has 0 saturated heterocycles. The van der Waals surface area contributed by atoms with Gasteiger partial charge >= 0.3 is 0 Å². The van der Waals surface area contributed by atoms with Crippen LogP contribution in [0.15, 0.2) is 35.8 Å². The second-order valence-corrected chi connectivity index (χ2v) is 5.49. The molecule has 1 heterocycles. The van der Waals surface area contributed by atoms with Gasteiger partial charge in [-0.05, 0) is 43.0 Å². The zero-order valence-corrected chi connectivity index (χ0v) is 10.5. The Bertz CT molecular complexity index is 457. The minimum Gasteiger partial charge on any atom is -0.385 e. The largest absolute Gasteiger partial charge is 0.385 e. The maximum atomic E-state index is 4.31. The molecule has 0 radical (unpaired) electrons. The van der Waals surface area contributed by atoms with Crippen molar-refractivity contribution in [2.75, 3.05) is 11.9 Å². The summed E-state index contributed by atoms with van der Waals surface area (Å²) in [5.41, 5.74) is 2.42. The van der Waals surface area contributed by atoms with Crippen molar-refractivity contribution in [3.8, 4) is 10.6 Å². The first-order valence-corrected chi connectivity index (χ1v) is 7.03. The van der Waals surface area contributed by atoms with Crippen molar-refractivity contribution in [2.45, 2.75) is 19.3 Å². The van der Waals surface area contributed by atoms with E-state index < -0.39 is 0 Å². The highest BCUT2D eigenvalue weighted by Gasteiger charge is 2.16. The molecule has 17 heavy (non-hydrogen) atoms. The Hall–Kier alpha value is -1.35. The molecule has 0 unspecified atom stereocenters. The summed E-state index contributed by atoms with van der Waals surface area (Å²) in [6, 6.07) is 8.58. The summed E-state index contributed by atoms with van der Waals surface area (Å²) in [5.74, 6) is 0.897. The standard InChI is InChI=1S/C14H16N2S/c1-2-11(3-1)10-16-13-6-4-12(5-7-13)14-15-8-9-17-14/h4-9,11,16H,1-3,10H2. The smallest absolute Gasteiger partial charge is 0.123 e. The molecule has 0 aliphatic heterocycles. The normalized spacial score (nSPS) is 15.5. The highest BCUT2D eigenvalue weighted by molar-refractivity contribution is 7.13. The summed E-state index contributed by atoms with van der Waals surface area (Å²) >= 11 is 1.68. The molecule has 0 spiro atoms. The summed E-state index contributed by atoms with van der Waals surface area (Å²) in [4.78, 5) is 4.31. The molecule has 0 bridgehead atoms. The van der Waals surface area contributed by atoms with Gasteiger partial charge in [-0.2, -0.15) is 0 Å². The summed E-state index contributed by atoms with van der Waals surface area (Å²) in [7, 11) is 0. The molecule has 1 aliphatic carbocycles. The predicted octanol–water partition coefficient (Wildman–Crippen LogP) is 4.02. The third-order valence-electron chi connectivity index (χ3n) is 3.38. The average molecular weight is 244 g/mol. The zero-order chi connectivity index (χ0) is 11.5. The Kier molecular flexibility index (Phi) is 3.10. The van der Waals surface area contributed by atoms with Crippen LogP contribution in [-0.4, -0.2) is 11.5 Å². The fourth-order valence-electron chi connectivity index (χ4n) is 2.06. The lowest BCUT2D eigenvalue weighted by Gasteiger charge is -2.25. The number of hydrogen-bond acceptors (Lipinski definition) is 3. The topological polar surface area (TPSA) is 24.9 Å². The maximum Gasteiger partial charge on any atom is 0.123 e. The summed E-state index contributed by atoms with van der Waals surface area (Å²) < 4.78 is 0. The number of rotatable bonds is 4. The van der Waals surface area contributed by atoms with E-state index in [0.717, 1.165) is 17.5 Å². The van der Waals surface area contributed by atoms with Crippen LogP contribution in [0.25, 0.3) is 10.6 Å². The van der Waals surface area contributed by atoms with Crippen molar-refractivity contribution < 1.29 is 0 Å². The highest BCUT2D eigenvalue weighted by atomic mass is 32.1. The van der Waals surface area contributed by atoms with Gasteiger partial charge in [-0.3, -0.25) is 0 Å². The van der Waals surface area contributed by atoms with E-state index in [1.54, 1.807) is 11.3 Å². The van der Waals surface area contributed by atoms with E-state index in [4.69, 9.17) is 0 Å². The number of thiazole rings is 1. The van der Waals surface area contributed by atoms with Crippen LogP contribution < -0.4 is 5.32 Å². The van der Waals surface area contributed by atoms with Gasteiger partial charge in [-0.25, -0.2) is 4.98 Å². The van der Waals surface area contributed by atoms with E-state index >= 15 is 0 Å². The van der Waals surface area contributed by atoms with Gasteiger partial charge in [0.25, 0.3) is 0 Å². The molecule has 1 fully saturated rings. The number of benzene rings is 1. The SMILES string of the molecule is c1csc(-c2ccc(NCC3CCC3)cc2)n1. The van der Waals surface area contributed by atoms with Crippen LogP contribution >= 0.6 is 11.3 Å². The van der Waals surface area contributed by atoms with Crippen LogP contribution in [0.4, 0.5) is 5.69 Å². The van der Waals surface area contributed by atoms with Crippen LogP contribution in [0.2, 0.25) is 0 Å². The van der Waals surface area contributed by atoms with Crippen molar-refractivity contribution in [2.24, 2.45) is 5.92 Å². The van der Waals surface area contributed by atoms with Gasteiger partial charge in [0.05, 0.1) is 0 Å². The highest BCUT2D eigenvalue weighted by Crippen LogP contribution is 2.27.